The molecule has 0 bridgehead atoms. The number of aromatic carboxylic acids is 1. The van der Waals surface area contributed by atoms with Gasteiger partial charge in [-0.15, -0.1) is 0 Å². The van der Waals surface area contributed by atoms with Crippen LogP contribution in [0.25, 0.3) is 0 Å². The van der Waals surface area contributed by atoms with E-state index in [1.807, 2.05) is 35.8 Å². The zero-order valence-corrected chi connectivity index (χ0v) is 13.2. The first-order valence-corrected chi connectivity index (χ1v) is 7.62. The molecule has 1 saturated carbocycles. The van der Waals surface area contributed by atoms with Crippen LogP contribution in [0.1, 0.15) is 46.1 Å². The van der Waals surface area contributed by atoms with E-state index >= 15 is 0 Å². The molecule has 23 heavy (non-hydrogen) atoms. The molecule has 0 unspecified atom stereocenters. The van der Waals surface area contributed by atoms with Gasteiger partial charge in [0.15, 0.2) is 5.43 Å². The fraction of sp³-hybridized carbons (Fsp3) is 0.333. The molecule has 0 spiro atoms. The Morgan fingerprint density at radius 1 is 1.30 bits per heavy atom. The van der Waals surface area contributed by atoms with Crippen molar-refractivity contribution in [1.29, 1.82) is 0 Å². The molecule has 1 aromatic carbocycles. The van der Waals surface area contributed by atoms with Gasteiger partial charge < -0.3 is 14.4 Å². The second-order valence-corrected chi connectivity index (χ2v) is 5.92. The van der Waals surface area contributed by atoms with Crippen molar-refractivity contribution in [2.45, 2.75) is 32.2 Å². The molecule has 0 saturated heterocycles. The summed E-state index contributed by atoms with van der Waals surface area (Å²) in [5, 5.41) is 9.44. The number of rotatable bonds is 5. The van der Waals surface area contributed by atoms with Crippen molar-refractivity contribution >= 4 is 5.97 Å². The van der Waals surface area contributed by atoms with Crippen LogP contribution in [0.2, 0.25) is 0 Å². The molecule has 1 aromatic heterocycles. The van der Waals surface area contributed by atoms with Gasteiger partial charge in [-0.1, -0.05) is 12.1 Å². The van der Waals surface area contributed by atoms with E-state index in [1.54, 1.807) is 7.11 Å². The number of aryl methyl sites for hydroxylation is 1. The predicted octanol–water partition coefficient (Wildman–Crippen LogP) is 2.79. The highest BCUT2D eigenvalue weighted by Crippen LogP contribution is 2.41. The van der Waals surface area contributed by atoms with Crippen molar-refractivity contribution in [2.24, 2.45) is 0 Å². The summed E-state index contributed by atoms with van der Waals surface area (Å²) >= 11 is 0. The van der Waals surface area contributed by atoms with Crippen molar-refractivity contribution in [3.8, 4) is 5.75 Å². The van der Waals surface area contributed by atoms with Crippen LogP contribution in [0.15, 0.2) is 35.1 Å². The van der Waals surface area contributed by atoms with Crippen LogP contribution in [0, 0.1) is 6.92 Å². The van der Waals surface area contributed by atoms with Gasteiger partial charge in [0.2, 0.25) is 0 Å². The van der Waals surface area contributed by atoms with E-state index in [0.717, 1.165) is 29.8 Å². The first-order valence-electron chi connectivity index (χ1n) is 7.62. The lowest BCUT2D eigenvalue weighted by molar-refractivity contribution is 0.0693. The second kappa shape index (κ2) is 5.91. The van der Waals surface area contributed by atoms with Gasteiger partial charge in [0.1, 0.15) is 11.3 Å². The van der Waals surface area contributed by atoms with Gasteiger partial charge in [-0.25, -0.2) is 4.79 Å². The van der Waals surface area contributed by atoms with Gasteiger partial charge in [-0.05, 0) is 37.5 Å². The van der Waals surface area contributed by atoms with Crippen LogP contribution >= 0.6 is 0 Å². The van der Waals surface area contributed by atoms with Crippen LogP contribution < -0.4 is 10.2 Å². The molecule has 0 aliphatic heterocycles. The first kappa shape index (κ1) is 15.3. The molecule has 1 fully saturated rings. The topological polar surface area (TPSA) is 68.5 Å². The van der Waals surface area contributed by atoms with Crippen molar-refractivity contribution in [2.75, 3.05) is 7.11 Å². The zero-order valence-electron chi connectivity index (χ0n) is 13.2. The lowest BCUT2D eigenvalue weighted by atomic mass is 10.1. The van der Waals surface area contributed by atoms with Crippen LogP contribution in [0.4, 0.5) is 0 Å². The third-order valence-corrected chi connectivity index (χ3v) is 4.24. The molecule has 2 aromatic rings. The van der Waals surface area contributed by atoms with Crippen molar-refractivity contribution in [1.82, 2.24) is 4.57 Å². The molecule has 1 heterocycles. The molecule has 1 aliphatic carbocycles. The number of ether oxygens (including phenoxy) is 1. The number of methoxy groups -OCH3 is 1. The van der Waals surface area contributed by atoms with Crippen molar-refractivity contribution in [3.63, 3.8) is 0 Å². The number of hydrogen-bond acceptors (Lipinski definition) is 3. The summed E-state index contributed by atoms with van der Waals surface area (Å²) in [7, 11) is 1.62. The lowest BCUT2D eigenvalue weighted by Crippen LogP contribution is -2.24. The monoisotopic (exact) mass is 313 g/mol. The lowest BCUT2D eigenvalue weighted by Gasteiger charge is -2.19. The van der Waals surface area contributed by atoms with E-state index in [-0.39, 0.29) is 11.5 Å². The summed E-state index contributed by atoms with van der Waals surface area (Å²) in [5.41, 5.74) is 2.02. The number of aromatic nitrogens is 1. The average Bonchev–Trinajstić information content (AvgIpc) is 3.34. The number of carboxylic acids is 1. The molecular weight excluding hydrogens is 294 g/mol. The summed E-state index contributed by atoms with van der Waals surface area (Å²) in [6.45, 7) is 2.39. The van der Waals surface area contributed by atoms with Gasteiger partial charge in [0.25, 0.3) is 0 Å². The van der Waals surface area contributed by atoms with Gasteiger partial charge in [-0.2, -0.15) is 0 Å². The Morgan fingerprint density at radius 2 is 1.96 bits per heavy atom. The Bertz CT molecular complexity index is 801. The van der Waals surface area contributed by atoms with Gasteiger partial charge in [-0.3, -0.25) is 4.79 Å². The maximum atomic E-state index is 12.1. The molecule has 0 atom stereocenters. The molecule has 120 valence electrons. The van der Waals surface area contributed by atoms with E-state index in [4.69, 9.17) is 4.74 Å². The molecule has 3 rings (SSSR count). The Balaban J connectivity index is 2.08. The minimum atomic E-state index is -1.14. The largest absolute Gasteiger partial charge is 0.497 e. The third-order valence-electron chi connectivity index (χ3n) is 4.24. The molecule has 0 radical (unpaired) electrons. The molecule has 5 nitrogen and oxygen atoms in total. The summed E-state index contributed by atoms with van der Waals surface area (Å²) in [5.74, 6) is -0.189. The van der Waals surface area contributed by atoms with E-state index < -0.39 is 11.4 Å². The minimum Gasteiger partial charge on any atom is -0.497 e. The molecule has 5 heteroatoms. The maximum absolute atomic E-state index is 12.1. The molecular formula is C18H19NO4. The number of benzene rings is 1. The van der Waals surface area contributed by atoms with Crippen LogP contribution in [-0.4, -0.2) is 22.8 Å². The molecule has 1 aliphatic rings. The normalized spacial score (nSPS) is 13.8. The fourth-order valence-electron chi connectivity index (χ4n) is 2.91. The highest BCUT2D eigenvalue weighted by Gasteiger charge is 2.33. The predicted molar refractivity (Wildman–Crippen MR) is 86.5 cm³/mol. The van der Waals surface area contributed by atoms with Gasteiger partial charge in [0, 0.05) is 29.9 Å². The molecule has 0 amide bonds. The number of carbonyl (C=O) groups is 1. The van der Waals surface area contributed by atoms with Crippen LogP contribution in [-0.2, 0) is 6.54 Å². The summed E-state index contributed by atoms with van der Waals surface area (Å²) in [4.78, 5) is 23.7. The number of carboxylic acid groups (broad SMARTS) is 1. The standard InChI is InChI=1S/C18H19NO4/c1-11-9-15(20)16(18(21)22)17(13-5-6-13)19(11)10-12-3-7-14(23-2)8-4-12/h3-4,7-9,13H,5-6,10H2,1-2H3,(H,21,22). The van der Waals surface area contributed by atoms with Crippen molar-refractivity contribution in [3.05, 3.63) is 63.1 Å². The quantitative estimate of drug-likeness (QED) is 0.921. The highest BCUT2D eigenvalue weighted by atomic mass is 16.5. The second-order valence-electron chi connectivity index (χ2n) is 5.92. The summed E-state index contributed by atoms with van der Waals surface area (Å²) in [6, 6.07) is 9.07. The summed E-state index contributed by atoms with van der Waals surface area (Å²) < 4.78 is 7.12. The van der Waals surface area contributed by atoms with E-state index in [2.05, 4.69) is 0 Å². The Labute approximate surface area is 134 Å². The Kier molecular flexibility index (Phi) is 3.94. The zero-order chi connectivity index (χ0) is 16.6. The number of hydrogen-bond donors (Lipinski definition) is 1. The van der Waals surface area contributed by atoms with Crippen molar-refractivity contribution < 1.29 is 14.6 Å². The maximum Gasteiger partial charge on any atom is 0.341 e. The van der Waals surface area contributed by atoms with E-state index in [1.165, 1.54) is 6.07 Å². The average molecular weight is 313 g/mol. The fourth-order valence-corrected chi connectivity index (χ4v) is 2.91. The van der Waals surface area contributed by atoms with Gasteiger partial charge in [0.05, 0.1) is 7.11 Å². The number of pyridine rings is 1. The molecule has 1 N–H and O–H groups in total. The smallest absolute Gasteiger partial charge is 0.341 e. The van der Waals surface area contributed by atoms with Crippen LogP contribution in [0.5, 0.6) is 5.75 Å². The minimum absolute atomic E-state index is 0.0772. The first-order chi connectivity index (χ1) is 11.0. The number of nitrogens with zero attached hydrogens (tertiary/aromatic N) is 1. The SMILES string of the molecule is COc1ccc(Cn2c(C)cc(=O)c(C(=O)O)c2C2CC2)cc1. The third kappa shape index (κ3) is 2.99. The van der Waals surface area contributed by atoms with Crippen LogP contribution in [0.3, 0.4) is 0 Å². The Morgan fingerprint density at radius 3 is 2.48 bits per heavy atom. The summed E-state index contributed by atoms with van der Waals surface area (Å²) in [6.07, 6.45) is 1.87. The Hall–Kier alpha value is -2.56. The van der Waals surface area contributed by atoms with Gasteiger partial charge >= 0.3 is 5.97 Å². The van der Waals surface area contributed by atoms with E-state index in [9.17, 15) is 14.7 Å². The highest BCUT2D eigenvalue weighted by molar-refractivity contribution is 5.89. The van der Waals surface area contributed by atoms with E-state index in [0.29, 0.717) is 12.2 Å².